The van der Waals surface area contributed by atoms with Crippen LogP contribution in [0.3, 0.4) is 0 Å². The number of anilines is 2. The summed E-state index contributed by atoms with van der Waals surface area (Å²) in [5.41, 5.74) is 2.51. The molecule has 0 amide bonds. The van der Waals surface area contributed by atoms with Gasteiger partial charge in [0.05, 0.1) is 4.92 Å². The van der Waals surface area contributed by atoms with E-state index in [-0.39, 0.29) is 35.8 Å². The Hall–Kier alpha value is -2.00. The second kappa shape index (κ2) is 6.64. The van der Waals surface area contributed by atoms with Crippen molar-refractivity contribution in [2.24, 2.45) is 5.84 Å². The molecule has 1 aliphatic rings. The van der Waals surface area contributed by atoms with E-state index in [1.165, 1.54) is 0 Å². The lowest BCUT2D eigenvalue weighted by atomic mass is 9.91. The molecular weight excluding hydrogens is 276 g/mol. The topological polar surface area (TPSA) is 130 Å². The molecule has 21 heavy (non-hydrogen) atoms. The normalized spacial score (nSPS) is 14.6. The molecule has 4 N–H and O–H groups in total. The minimum absolute atomic E-state index is 0.0308. The monoisotopic (exact) mass is 296 g/mol. The van der Waals surface area contributed by atoms with Crippen LogP contribution >= 0.6 is 0 Å². The third kappa shape index (κ3) is 3.19. The van der Waals surface area contributed by atoms with Crippen molar-refractivity contribution < 1.29 is 10.0 Å². The zero-order valence-electron chi connectivity index (χ0n) is 11.9. The van der Waals surface area contributed by atoms with Gasteiger partial charge >= 0.3 is 5.69 Å². The zero-order valence-corrected chi connectivity index (χ0v) is 11.9. The highest BCUT2D eigenvalue weighted by Crippen LogP contribution is 2.35. The standard InChI is InChI=1S/C12H20N6O3/c1-8-10(18(20)21)11(15-12(14-8)16-13)17(6-3-7-19)9-4-2-5-9/h9,19H,2-7,13H2,1H3,(H,14,15,16). The van der Waals surface area contributed by atoms with Crippen LogP contribution in [0.25, 0.3) is 0 Å². The number of aliphatic hydroxyl groups excluding tert-OH is 1. The molecular formula is C12H20N6O3. The molecule has 1 aromatic rings. The number of nitrogens with two attached hydrogens (primary N) is 1. The number of hydrazine groups is 1. The summed E-state index contributed by atoms with van der Waals surface area (Å²) in [6, 6.07) is 0.218. The van der Waals surface area contributed by atoms with Crippen LogP contribution in [-0.2, 0) is 0 Å². The maximum absolute atomic E-state index is 11.3. The van der Waals surface area contributed by atoms with E-state index < -0.39 is 4.92 Å². The van der Waals surface area contributed by atoms with Crippen molar-refractivity contribution in [1.82, 2.24) is 9.97 Å². The highest BCUT2D eigenvalue weighted by atomic mass is 16.6. The predicted molar refractivity (Wildman–Crippen MR) is 77.9 cm³/mol. The predicted octanol–water partition coefficient (Wildman–Crippen LogP) is 0.720. The number of rotatable bonds is 7. The molecule has 0 saturated heterocycles. The Labute approximate surface area is 122 Å². The first-order chi connectivity index (χ1) is 10.1. The van der Waals surface area contributed by atoms with Crippen LogP contribution in [0, 0.1) is 17.0 Å². The third-order valence-electron chi connectivity index (χ3n) is 3.70. The van der Waals surface area contributed by atoms with Gasteiger partial charge in [-0.25, -0.2) is 10.8 Å². The molecule has 0 aliphatic heterocycles. The lowest BCUT2D eigenvalue weighted by molar-refractivity contribution is -0.385. The van der Waals surface area contributed by atoms with Crippen molar-refractivity contribution in [2.75, 3.05) is 23.5 Å². The SMILES string of the molecule is Cc1nc(NN)nc(N(CCCO)C2CCC2)c1[N+](=O)[O-]. The molecule has 1 aliphatic carbocycles. The van der Waals surface area contributed by atoms with Crippen LogP contribution in [0.4, 0.5) is 17.5 Å². The Bertz CT molecular complexity index is 520. The Kier molecular flexibility index (Phi) is 4.86. The van der Waals surface area contributed by atoms with Crippen LogP contribution in [-0.4, -0.2) is 39.2 Å². The molecule has 9 heteroatoms. The van der Waals surface area contributed by atoms with Crippen molar-refractivity contribution in [2.45, 2.75) is 38.6 Å². The second-order valence-corrected chi connectivity index (χ2v) is 5.06. The average Bonchev–Trinajstić information content (AvgIpc) is 2.39. The van der Waals surface area contributed by atoms with Crippen LogP contribution in [0.2, 0.25) is 0 Å². The van der Waals surface area contributed by atoms with E-state index in [2.05, 4.69) is 15.4 Å². The van der Waals surface area contributed by atoms with Crippen molar-refractivity contribution in [3.8, 4) is 0 Å². The van der Waals surface area contributed by atoms with E-state index in [9.17, 15) is 10.1 Å². The van der Waals surface area contributed by atoms with Crippen molar-refractivity contribution in [1.29, 1.82) is 0 Å². The fourth-order valence-corrected chi connectivity index (χ4v) is 2.43. The van der Waals surface area contributed by atoms with Gasteiger partial charge in [-0.2, -0.15) is 4.98 Å². The van der Waals surface area contributed by atoms with Crippen LogP contribution in [0.5, 0.6) is 0 Å². The molecule has 0 unspecified atom stereocenters. The van der Waals surface area contributed by atoms with E-state index in [0.29, 0.717) is 13.0 Å². The number of nitrogen functional groups attached to an aromatic ring is 1. The molecule has 1 fully saturated rings. The van der Waals surface area contributed by atoms with Gasteiger partial charge in [0.2, 0.25) is 11.8 Å². The minimum Gasteiger partial charge on any atom is -0.396 e. The number of hydrogen-bond acceptors (Lipinski definition) is 8. The molecule has 1 aromatic heterocycles. The van der Waals surface area contributed by atoms with Gasteiger partial charge < -0.3 is 10.0 Å². The minimum atomic E-state index is -0.463. The maximum Gasteiger partial charge on any atom is 0.332 e. The van der Waals surface area contributed by atoms with Gasteiger partial charge in [-0.1, -0.05) is 0 Å². The van der Waals surface area contributed by atoms with E-state index in [0.717, 1.165) is 19.3 Å². The first-order valence-corrected chi connectivity index (χ1v) is 6.95. The molecule has 116 valence electrons. The van der Waals surface area contributed by atoms with Crippen molar-refractivity contribution in [3.05, 3.63) is 15.8 Å². The molecule has 9 nitrogen and oxygen atoms in total. The Morgan fingerprint density at radius 1 is 1.52 bits per heavy atom. The van der Waals surface area contributed by atoms with E-state index in [1.54, 1.807) is 6.92 Å². The molecule has 0 radical (unpaired) electrons. The number of hydrogen-bond donors (Lipinski definition) is 3. The highest BCUT2D eigenvalue weighted by Gasteiger charge is 2.33. The number of nitrogens with zero attached hydrogens (tertiary/aromatic N) is 4. The molecule has 0 aromatic carbocycles. The molecule has 2 rings (SSSR count). The Morgan fingerprint density at radius 3 is 2.71 bits per heavy atom. The number of aliphatic hydroxyl groups is 1. The van der Waals surface area contributed by atoms with Gasteiger partial charge in [-0.05, 0) is 32.6 Å². The summed E-state index contributed by atoms with van der Waals surface area (Å²) in [5.74, 6) is 5.76. The number of nitro groups is 1. The molecule has 0 spiro atoms. The van der Waals surface area contributed by atoms with E-state index in [4.69, 9.17) is 10.9 Å². The number of nitrogens with one attached hydrogen (secondary N) is 1. The summed E-state index contributed by atoms with van der Waals surface area (Å²) in [4.78, 5) is 20.9. The van der Waals surface area contributed by atoms with Crippen molar-refractivity contribution in [3.63, 3.8) is 0 Å². The molecule has 0 atom stereocenters. The summed E-state index contributed by atoms with van der Waals surface area (Å²) in [5, 5.41) is 20.4. The highest BCUT2D eigenvalue weighted by molar-refractivity contribution is 5.63. The lowest BCUT2D eigenvalue weighted by Gasteiger charge is -2.38. The molecule has 0 bridgehead atoms. The average molecular weight is 296 g/mol. The summed E-state index contributed by atoms with van der Waals surface area (Å²) >= 11 is 0. The second-order valence-electron chi connectivity index (χ2n) is 5.06. The fourth-order valence-electron chi connectivity index (χ4n) is 2.43. The summed E-state index contributed by atoms with van der Waals surface area (Å²) in [7, 11) is 0. The number of aryl methyl sites for hydroxylation is 1. The van der Waals surface area contributed by atoms with Crippen molar-refractivity contribution >= 4 is 17.5 Å². The quantitative estimate of drug-likeness (QED) is 0.381. The van der Waals surface area contributed by atoms with Crippen LogP contribution < -0.4 is 16.2 Å². The zero-order chi connectivity index (χ0) is 15.4. The van der Waals surface area contributed by atoms with Gasteiger partial charge in [0.1, 0.15) is 5.69 Å². The molecule has 1 heterocycles. The van der Waals surface area contributed by atoms with Gasteiger partial charge in [-0.15, -0.1) is 0 Å². The molecule has 1 saturated carbocycles. The van der Waals surface area contributed by atoms with Gasteiger partial charge in [0.25, 0.3) is 0 Å². The maximum atomic E-state index is 11.3. The van der Waals surface area contributed by atoms with Crippen LogP contribution in [0.15, 0.2) is 0 Å². The lowest BCUT2D eigenvalue weighted by Crippen LogP contribution is -2.42. The van der Waals surface area contributed by atoms with E-state index >= 15 is 0 Å². The van der Waals surface area contributed by atoms with Gasteiger partial charge in [0.15, 0.2) is 0 Å². The first-order valence-electron chi connectivity index (χ1n) is 6.95. The Balaban J connectivity index is 2.45. The Morgan fingerprint density at radius 2 is 2.24 bits per heavy atom. The summed E-state index contributed by atoms with van der Waals surface area (Å²) < 4.78 is 0. The van der Waals surface area contributed by atoms with Crippen LogP contribution in [0.1, 0.15) is 31.4 Å². The summed E-state index contributed by atoms with van der Waals surface area (Å²) in [6.07, 6.45) is 3.57. The third-order valence-corrected chi connectivity index (χ3v) is 3.70. The fraction of sp³-hybridized carbons (Fsp3) is 0.667. The smallest absolute Gasteiger partial charge is 0.332 e. The largest absolute Gasteiger partial charge is 0.396 e. The van der Waals surface area contributed by atoms with Gasteiger partial charge in [0, 0.05) is 19.2 Å². The van der Waals surface area contributed by atoms with Gasteiger partial charge in [-0.3, -0.25) is 15.5 Å². The first kappa shape index (κ1) is 15.4. The summed E-state index contributed by atoms with van der Waals surface area (Å²) in [6.45, 7) is 2.11. The number of aromatic nitrogens is 2. The van der Waals surface area contributed by atoms with E-state index in [1.807, 2.05) is 4.90 Å².